The van der Waals surface area contributed by atoms with Gasteiger partial charge in [-0.15, -0.1) is 0 Å². The number of carboxylic acids is 1. The number of carbonyl (C=O) groups is 1. The Bertz CT molecular complexity index is 754. The second kappa shape index (κ2) is 5.97. The molecule has 110 valence electrons. The molecule has 0 heterocycles. The van der Waals surface area contributed by atoms with Gasteiger partial charge in [-0.05, 0) is 36.2 Å². The molecular weight excluding hydrogens is 290 g/mol. The van der Waals surface area contributed by atoms with Gasteiger partial charge >= 0.3 is 5.97 Å². The maximum atomic E-state index is 12.3. The highest BCUT2D eigenvalue weighted by Gasteiger charge is 2.18. The van der Waals surface area contributed by atoms with E-state index in [1.54, 1.807) is 30.3 Å². The molecule has 0 fully saturated rings. The Balaban J connectivity index is 2.41. The number of nitrogens with one attached hydrogen (secondary N) is 1. The minimum atomic E-state index is -3.81. The average Bonchev–Trinajstić information content (AvgIpc) is 2.47. The topological polar surface area (TPSA) is 83.5 Å². The number of anilines is 1. The number of aromatic carboxylic acids is 1. The van der Waals surface area contributed by atoms with Gasteiger partial charge in [0.15, 0.2) is 0 Å². The van der Waals surface area contributed by atoms with Crippen molar-refractivity contribution in [1.82, 2.24) is 0 Å². The Labute approximate surface area is 123 Å². The predicted octanol–water partition coefficient (Wildman–Crippen LogP) is 2.75. The van der Waals surface area contributed by atoms with E-state index >= 15 is 0 Å². The van der Waals surface area contributed by atoms with Crippen molar-refractivity contribution in [3.63, 3.8) is 0 Å². The van der Waals surface area contributed by atoms with Crippen LogP contribution >= 0.6 is 0 Å². The number of sulfonamides is 1. The second-order valence-electron chi connectivity index (χ2n) is 4.45. The highest BCUT2D eigenvalue weighted by molar-refractivity contribution is 7.92. The molecule has 0 saturated carbocycles. The molecule has 0 radical (unpaired) electrons. The lowest BCUT2D eigenvalue weighted by Gasteiger charge is -2.10. The normalized spacial score (nSPS) is 11.1. The summed E-state index contributed by atoms with van der Waals surface area (Å²) < 4.78 is 27.0. The van der Waals surface area contributed by atoms with Crippen molar-refractivity contribution in [3.05, 3.63) is 59.7 Å². The minimum absolute atomic E-state index is 0.00781. The first-order valence-electron chi connectivity index (χ1n) is 6.38. The quantitative estimate of drug-likeness (QED) is 0.889. The molecule has 0 aliphatic rings. The molecule has 5 nitrogen and oxygen atoms in total. The van der Waals surface area contributed by atoms with E-state index in [2.05, 4.69) is 4.72 Å². The third kappa shape index (κ3) is 3.41. The SMILES string of the molecule is CCc1ccc(S(=O)(=O)Nc2ccccc2)cc1C(=O)O. The third-order valence-corrected chi connectivity index (χ3v) is 4.41. The molecule has 0 saturated heterocycles. The van der Waals surface area contributed by atoms with Crippen molar-refractivity contribution < 1.29 is 18.3 Å². The fraction of sp³-hybridized carbons (Fsp3) is 0.133. The summed E-state index contributed by atoms with van der Waals surface area (Å²) in [7, 11) is -3.81. The van der Waals surface area contributed by atoms with Crippen LogP contribution in [0, 0.1) is 0 Å². The van der Waals surface area contributed by atoms with Crippen molar-refractivity contribution in [1.29, 1.82) is 0 Å². The van der Waals surface area contributed by atoms with E-state index in [1.165, 1.54) is 18.2 Å². The molecule has 2 aromatic rings. The van der Waals surface area contributed by atoms with E-state index in [1.807, 2.05) is 6.92 Å². The smallest absolute Gasteiger partial charge is 0.336 e. The molecule has 0 amide bonds. The Morgan fingerprint density at radius 2 is 1.81 bits per heavy atom. The molecule has 0 aromatic heterocycles. The molecule has 2 N–H and O–H groups in total. The monoisotopic (exact) mass is 305 g/mol. The number of para-hydroxylation sites is 1. The van der Waals surface area contributed by atoms with Gasteiger partial charge in [-0.1, -0.05) is 31.2 Å². The van der Waals surface area contributed by atoms with Gasteiger partial charge in [-0.25, -0.2) is 13.2 Å². The highest BCUT2D eigenvalue weighted by Crippen LogP contribution is 2.20. The van der Waals surface area contributed by atoms with Gasteiger partial charge in [-0.2, -0.15) is 0 Å². The van der Waals surface area contributed by atoms with Gasteiger partial charge in [0.25, 0.3) is 10.0 Å². The van der Waals surface area contributed by atoms with Crippen LogP contribution in [0.25, 0.3) is 0 Å². The zero-order chi connectivity index (χ0) is 15.5. The lowest BCUT2D eigenvalue weighted by molar-refractivity contribution is 0.0695. The maximum absolute atomic E-state index is 12.3. The molecule has 0 atom stereocenters. The van der Waals surface area contributed by atoms with Gasteiger partial charge in [0.1, 0.15) is 0 Å². The second-order valence-corrected chi connectivity index (χ2v) is 6.13. The van der Waals surface area contributed by atoms with Crippen LogP contribution in [0.4, 0.5) is 5.69 Å². The molecule has 2 aromatic carbocycles. The third-order valence-electron chi connectivity index (χ3n) is 3.03. The van der Waals surface area contributed by atoms with Crippen molar-refractivity contribution in [2.45, 2.75) is 18.2 Å². The predicted molar refractivity (Wildman–Crippen MR) is 80.0 cm³/mol. The van der Waals surface area contributed by atoms with Crippen molar-refractivity contribution in [2.75, 3.05) is 4.72 Å². The van der Waals surface area contributed by atoms with Crippen LogP contribution in [-0.4, -0.2) is 19.5 Å². The first kappa shape index (κ1) is 15.1. The van der Waals surface area contributed by atoms with Crippen LogP contribution in [0.3, 0.4) is 0 Å². The molecule has 2 rings (SSSR count). The molecule has 0 bridgehead atoms. The van der Waals surface area contributed by atoms with Crippen molar-refractivity contribution in [3.8, 4) is 0 Å². The number of aryl methyl sites for hydroxylation is 1. The van der Waals surface area contributed by atoms with Gasteiger partial charge in [-0.3, -0.25) is 4.72 Å². The minimum Gasteiger partial charge on any atom is -0.478 e. The standard InChI is InChI=1S/C15H15NO4S/c1-2-11-8-9-13(10-14(11)15(17)18)21(19,20)16-12-6-4-3-5-7-12/h3-10,16H,2H2,1H3,(H,17,18). The molecule has 6 heteroatoms. The van der Waals surface area contributed by atoms with E-state index in [0.29, 0.717) is 17.7 Å². The van der Waals surface area contributed by atoms with E-state index in [4.69, 9.17) is 5.11 Å². The van der Waals surface area contributed by atoms with E-state index < -0.39 is 16.0 Å². The fourth-order valence-electron chi connectivity index (χ4n) is 1.95. The van der Waals surface area contributed by atoms with Crippen LogP contribution in [0.15, 0.2) is 53.4 Å². The van der Waals surface area contributed by atoms with Crippen LogP contribution in [-0.2, 0) is 16.4 Å². The Morgan fingerprint density at radius 3 is 2.38 bits per heavy atom. The number of rotatable bonds is 5. The van der Waals surface area contributed by atoms with Gasteiger partial charge in [0.2, 0.25) is 0 Å². The lowest BCUT2D eigenvalue weighted by atomic mass is 10.1. The van der Waals surface area contributed by atoms with Crippen LogP contribution < -0.4 is 4.72 Å². The summed E-state index contributed by atoms with van der Waals surface area (Å²) >= 11 is 0. The van der Waals surface area contributed by atoms with E-state index in [9.17, 15) is 13.2 Å². The molecule has 0 spiro atoms. The fourth-order valence-corrected chi connectivity index (χ4v) is 3.03. The zero-order valence-corrected chi connectivity index (χ0v) is 12.2. The zero-order valence-electron chi connectivity index (χ0n) is 11.4. The number of benzene rings is 2. The summed E-state index contributed by atoms with van der Waals surface area (Å²) in [5, 5.41) is 9.16. The number of carboxylic acid groups (broad SMARTS) is 1. The van der Waals surface area contributed by atoms with Crippen molar-refractivity contribution >= 4 is 21.7 Å². The van der Waals surface area contributed by atoms with Crippen LogP contribution in [0.1, 0.15) is 22.8 Å². The summed E-state index contributed by atoms with van der Waals surface area (Å²) in [6, 6.07) is 12.6. The molecule has 0 aliphatic heterocycles. The van der Waals surface area contributed by atoms with E-state index in [0.717, 1.165) is 0 Å². The summed E-state index contributed by atoms with van der Waals surface area (Å²) in [6.45, 7) is 1.82. The number of hydrogen-bond acceptors (Lipinski definition) is 3. The van der Waals surface area contributed by atoms with E-state index in [-0.39, 0.29) is 10.5 Å². The maximum Gasteiger partial charge on any atom is 0.336 e. The molecule has 0 aliphatic carbocycles. The Kier molecular flexibility index (Phi) is 4.28. The highest BCUT2D eigenvalue weighted by atomic mass is 32.2. The average molecular weight is 305 g/mol. The van der Waals surface area contributed by atoms with Crippen LogP contribution in [0.2, 0.25) is 0 Å². The molecule has 0 unspecified atom stereocenters. The van der Waals surface area contributed by atoms with Crippen LogP contribution in [0.5, 0.6) is 0 Å². The van der Waals surface area contributed by atoms with Crippen molar-refractivity contribution in [2.24, 2.45) is 0 Å². The summed E-state index contributed by atoms with van der Waals surface area (Å²) in [6.07, 6.45) is 0.522. The van der Waals surface area contributed by atoms with Gasteiger partial charge in [0.05, 0.1) is 10.5 Å². The number of hydrogen-bond donors (Lipinski definition) is 2. The van der Waals surface area contributed by atoms with Gasteiger partial charge < -0.3 is 5.11 Å². The Morgan fingerprint density at radius 1 is 1.14 bits per heavy atom. The first-order valence-corrected chi connectivity index (χ1v) is 7.86. The first-order chi connectivity index (χ1) is 9.94. The lowest BCUT2D eigenvalue weighted by Crippen LogP contribution is -2.14. The summed E-state index contributed by atoms with van der Waals surface area (Å²) in [5.41, 5.74) is 1.03. The summed E-state index contributed by atoms with van der Waals surface area (Å²) in [5.74, 6) is -1.14. The Hall–Kier alpha value is -2.34. The van der Waals surface area contributed by atoms with Gasteiger partial charge in [0, 0.05) is 5.69 Å². The summed E-state index contributed by atoms with van der Waals surface area (Å²) in [4.78, 5) is 11.1. The molecule has 21 heavy (non-hydrogen) atoms. The largest absolute Gasteiger partial charge is 0.478 e. The molecular formula is C15H15NO4S.